The highest BCUT2D eigenvalue weighted by molar-refractivity contribution is 5.94. The lowest BCUT2D eigenvalue weighted by molar-refractivity contribution is -0.122. The molecule has 0 saturated heterocycles. The van der Waals surface area contributed by atoms with Crippen molar-refractivity contribution in [3.63, 3.8) is 0 Å². The van der Waals surface area contributed by atoms with Gasteiger partial charge in [-0.05, 0) is 48.2 Å². The van der Waals surface area contributed by atoms with E-state index in [1.807, 2.05) is 18.2 Å². The van der Waals surface area contributed by atoms with Crippen molar-refractivity contribution >= 4 is 29.7 Å². The first-order valence-electron chi connectivity index (χ1n) is 8.22. The first-order chi connectivity index (χ1) is 11.7. The van der Waals surface area contributed by atoms with E-state index in [2.05, 4.69) is 32.2 Å². The zero-order valence-corrected chi connectivity index (χ0v) is 16.6. The lowest BCUT2D eigenvalue weighted by Crippen LogP contribution is -2.30. The molecule has 142 valence electrons. The largest absolute Gasteiger partial charge is 0.495 e. The highest BCUT2D eigenvalue weighted by Crippen LogP contribution is 2.27. The number of amides is 1. The van der Waals surface area contributed by atoms with E-state index in [0.29, 0.717) is 22.9 Å². The Labute approximate surface area is 161 Å². The van der Waals surface area contributed by atoms with Crippen LogP contribution in [0.5, 0.6) is 11.5 Å². The van der Waals surface area contributed by atoms with Crippen LogP contribution in [0.2, 0.25) is 0 Å². The summed E-state index contributed by atoms with van der Waals surface area (Å²) in [5, 5.41) is 2.80. The molecule has 0 aliphatic carbocycles. The van der Waals surface area contributed by atoms with Gasteiger partial charge in [0.15, 0.2) is 6.10 Å². The Bertz CT molecular complexity index is 757. The second-order valence-corrected chi connectivity index (χ2v) is 6.98. The summed E-state index contributed by atoms with van der Waals surface area (Å²) < 4.78 is 10.9. The lowest BCUT2D eigenvalue weighted by Gasteiger charge is -2.21. The maximum Gasteiger partial charge on any atom is 0.265 e. The molecule has 0 radical (unpaired) electrons. The van der Waals surface area contributed by atoms with Crippen molar-refractivity contribution in [2.75, 3.05) is 18.2 Å². The molecular weight excluding hydrogens is 352 g/mol. The Morgan fingerprint density at radius 3 is 2.42 bits per heavy atom. The fourth-order valence-electron chi connectivity index (χ4n) is 2.35. The molecule has 0 aliphatic heterocycles. The van der Waals surface area contributed by atoms with Crippen LogP contribution >= 0.6 is 12.4 Å². The van der Waals surface area contributed by atoms with Crippen molar-refractivity contribution < 1.29 is 14.3 Å². The Morgan fingerprint density at radius 2 is 1.85 bits per heavy atom. The Kier molecular flexibility index (Phi) is 7.33. The van der Waals surface area contributed by atoms with E-state index in [4.69, 9.17) is 15.2 Å². The second kappa shape index (κ2) is 8.81. The summed E-state index contributed by atoms with van der Waals surface area (Å²) in [6.45, 7) is 8.12. The molecule has 1 amide bonds. The number of nitrogens with two attached hydrogens (primary N) is 1. The second-order valence-electron chi connectivity index (χ2n) is 6.98. The average Bonchev–Trinajstić information content (AvgIpc) is 2.54. The van der Waals surface area contributed by atoms with Gasteiger partial charge in [0.2, 0.25) is 0 Å². The molecule has 0 bridgehead atoms. The SMILES string of the molecule is COc1ccc(NC(=O)C(C)Oc2cccc(C(C)(C)C)c2)cc1N.Cl. The minimum atomic E-state index is -0.640. The van der Waals surface area contributed by atoms with Gasteiger partial charge in [0.1, 0.15) is 11.5 Å². The molecule has 6 heteroatoms. The molecule has 2 aromatic carbocycles. The number of benzene rings is 2. The van der Waals surface area contributed by atoms with Crippen LogP contribution in [0.15, 0.2) is 42.5 Å². The van der Waals surface area contributed by atoms with Crippen molar-refractivity contribution in [1.29, 1.82) is 0 Å². The standard InChI is InChI=1S/C20H26N2O3.ClH/c1-13(25-16-8-6-7-14(11-16)20(2,3)4)19(23)22-15-9-10-18(24-5)17(21)12-15;/h6-13H,21H2,1-5H3,(H,22,23);1H. The summed E-state index contributed by atoms with van der Waals surface area (Å²) in [5.41, 5.74) is 8.09. The molecule has 0 spiro atoms. The number of anilines is 2. The molecule has 2 aromatic rings. The summed E-state index contributed by atoms with van der Waals surface area (Å²) in [7, 11) is 1.55. The zero-order valence-electron chi connectivity index (χ0n) is 15.8. The molecule has 0 fully saturated rings. The van der Waals surface area contributed by atoms with E-state index in [1.165, 1.54) is 0 Å². The molecule has 3 N–H and O–H groups in total. The van der Waals surface area contributed by atoms with Crippen molar-refractivity contribution in [3.05, 3.63) is 48.0 Å². The van der Waals surface area contributed by atoms with Crippen LogP contribution in [0.1, 0.15) is 33.3 Å². The number of methoxy groups -OCH3 is 1. The summed E-state index contributed by atoms with van der Waals surface area (Å²) in [5.74, 6) is 0.997. The Hall–Kier alpha value is -2.40. The van der Waals surface area contributed by atoms with E-state index in [9.17, 15) is 4.79 Å². The first-order valence-corrected chi connectivity index (χ1v) is 8.22. The van der Waals surface area contributed by atoms with Crippen molar-refractivity contribution in [1.82, 2.24) is 0 Å². The van der Waals surface area contributed by atoms with Gasteiger partial charge in [-0.15, -0.1) is 12.4 Å². The third-order valence-corrected chi connectivity index (χ3v) is 3.88. The van der Waals surface area contributed by atoms with Crippen LogP contribution in [0.3, 0.4) is 0 Å². The van der Waals surface area contributed by atoms with Gasteiger partial charge in [-0.2, -0.15) is 0 Å². The molecule has 2 rings (SSSR count). The van der Waals surface area contributed by atoms with Gasteiger partial charge in [0.25, 0.3) is 5.91 Å². The van der Waals surface area contributed by atoms with Crippen LogP contribution in [0, 0.1) is 0 Å². The molecule has 26 heavy (non-hydrogen) atoms. The number of nitrogens with one attached hydrogen (secondary N) is 1. The molecule has 0 saturated carbocycles. The van der Waals surface area contributed by atoms with E-state index >= 15 is 0 Å². The normalized spacial score (nSPS) is 11.9. The summed E-state index contributed by atoms with van der Waals surface area (Å²) in [6.07, 6.45) is -0.640. The molecule has 0 aliphatic rings. The Balaban J connectivity index is 0.00000338. The minimum Gasteiger partial charge on any atom is -0.495 e. The molecule has 0 aromatic heterocycles. The monoisotopic (exact) mass is 378 g/mol. The van der Waals surface area contributed by atoms with Gasteiger partial charge in [-0.3, -0.25) is 4.79 Å². The number of nitrogen functional groups attached to an aromatic ring is 1. The van der Waals surface area contributed by atoms with Crippen molar-refractivity contribution in [2.45, 2.75) is 39.2 Å². The predicted octanol–water partition coefficient (Wildman–Crippen LogP) is 4.40. The lowest BCUT2D eigenvalue weighted by atomic mass is 9.87. The number of hydrogen-bond acceptors (Lipinski definition) is 4. The fourth-order valence-corrected chi connectivity index (χ4v) is 2.35. The molecular formula is C20H27ClN2O3. The fraction of sp³-hybridized carbons (Fsp3) is 0.350. The average molecular weight is 379 g/mol. The van der Waals surface area contributed by atoms with Gasteiger partial charge in [-0.25, -0.2) is 0 Å². The van der Waals surface area contributed by atoms with E-state index in [-0.39, 0.29) is 23.7 Å². The highest BCUT2D eigenvalue weighted by atomic mass is 35.5. The van der Waals surface area contributed by atoms with Crippen molar-refractivity contribution in [3.8, 4) is 11.5 Å². The summed E-state index contributed by atoms with van der Waals surface area (Å²) in [6, 6.07) is 12.9. The van der Waals surface area contributed by atoms with Crippen molar-refractivity contribution in [2.24, 2.45) is 0 Å². The molecule has 1 atom stereocenters. The van der Waals surface area contributed by atoms with E-state index < -0.39 is 6.10 Å². The number of hydrogen-bond donors (Lipinski definition) is 2. The van der Waals surface area contributed by atoms with Crippen LogP contribution in [-0.2, 0) is 10.2 Å². The van der Waals surface area contributed by atoms with Gasteiger partial charge >= 0.3 is 0 Å². The maximum atomic E-state index is 12.4. The number of rotatable bonds is 5. The third kappa shape index (κ3) is 5.56. The van der Waals surface area contributed by atoms with Crippen LogP contribution in [0.25, 0.3) is 0 Å². The molecule has 5 nitrogen and oxygen atoms in total. The van der Waals surface area contributed by atoms with E-state index in [1.54, 1.807) is 32.2 Å². The van der Waals surface area contributed by atoms with E-state index in [0.717, 1.165) is 5.56 Å². The zero-order chi connectivity index (χ0) is 18.6. The number of halogens is 1. The minimum absolute atomic E-state index is 0. The highest BCUT2D eigenvalue weighted by Gasteiger charge is 2.18. The van der Waals surface area contributed by atoms with Gasteiger partial charge in [0, 0.05) is 5.69 Å². The van der Waals surface area contributed by atoms with Crippen LogP contribution in [-0.4, -0.2) is 19.1 Å². The Morgan fingerprint density at radius 1 is 1.15 bits per heavy atom. The summed E-state index contributed by atoms with van der Waals surface area (Å²) >= 11 is 0. The van der Waals surface area contributed by atoms with Crippen LogP contribution < -0.4 is 20.5 Å². The topological polar surface area (TPSA) is 73.6 Å². The number of ether oxygens (including phenoxy) is 2. The van der Waals surface area contributed by atoms with Crippen LogP contribution in [0.4, 0.5) is 11.4 Å². The number of carbonyl (C=O) groups excluding carboxylic acids is 1. The van der Waals surface area contributed by atoms with Gasteiger partial charge in [0.05, 0.1) is 12.8 Å². The summed E-state index contributed by atoms with van der Waals surface area (Å²) in [4.78, 5) is 12.4. The first kappa shape index (κ1) is 21.6. The maximum absolute atomic E-state index is 12.4. The number of carbonyl (C=O) groups is 1. The predicted molar refractivity (Wildman–Crippen MR) is 109 cm³/mol. The van der Waals surface area contributed by atoms with Gasteiger partial charge < -0.3 is 20.5 Å². The smallest absolute Gasteiger partial charge is 0.265 e. The molecule has 1 unspecified atom stereocenters. The quantitative estimate of drug-likeness (QED) is 0.756. The van der Waals surface area contributed by atoms with Gasteiger partial charge in [-0.1, -0.05) is 32.9 Å². The third-order valence-electron chi connectivity index (χ3n) is 3.88. The molecule has 0 heterocycles.